The molecule has 1 aliphatic rings. The molecule has 0 aliphatic carbocycles. The first-order chi connectivity index (χ1) is 13.9. The minimum Gasteiger partial charge on any atom is -0.493 e. The molecule has 150 valence electrons. The zero-order valence-electron chi connectivity index (χ0n) is 16.1. The lowest BCUT2D eigenvalue weighted by molar-refractivity contribution is -0.121. The third-order valence-electron chi connectivity index (χ3n) is 4.29. The third kappa shape index (κ3) is 4.68. The van der Waals surface area contributed by atoms with Gasteiger partial charge in [-0.1, -0.05) is 18.2 Å². The number of hydrogen-bond acceptors (Lipinski definition) is 5. The summed E-state index contributed by atoms with van der Waals surface area (Å²) in [6.07, 6.45) is 3.89. The van der Waals surface area contributed by atoms with Crippen LogP contribution in [0.5, 0.6) is 11.5 Å². The Balaban J connectivity index is 1.94. The number of ether oxygens (including phenoxy) is 2. The first-order valence-corrected chi connectivity index (χ1v) is 9.65. The van der Waals surface area contributed by atoms with E-state index in [4.69, 9.17) is 9.47 Å². The molecule has 2 aromatic carbocycles. The number of carbonyl (C=O) groups excluding carboxylic acids is 2. The number of likely N-dealkylation sites (N-methyl/N-ethyl adjacent to an activating group) is 1. The second-order valence-electron chi connectivity index (χ2n) is 6.36. The van der Waals surface area contributed by atoms with E-state index < -0.39 is 0 Å². The van der Waals surface area contributed by atoms with Crippen LogP contribution in [0.1, 0.15) is 16.7 Å². The molecule has 29 heavy (non-hydrogen) atoms. The number of methoxy groups -OCH3 is 1. The Hall–Kier alpha value is -3.06. The van der Waals surface area contributed by atoms with Crippen LogP contribution < -0.4 is 9.47 Å². The van der Waals surface area contributed by atoms with Crippen LogP contribution in [-0.4, -0.2) is 30.2 Å². The molecule has 2 amide bonds. The minimum absolute atomic E-state index is 0.173. The number of imide groups is 1. The maximum absolute atomic E-state index is 13.4. The van der Waals surface area contributed by atoms with Gasteiger partial charge in [0.05, 0.1) is 12.0 Å². The van der Waals surface area contributed by atoms with Gasteiger partial charge >= 0.3 is 0 Å². The monoisotopic (exact) mass is 413 g/mol. The van der Waals surface area contributed by atoms with Crippen LogP contribution in [0.25, 0.3) is 6.08 Å². The largest absolute Gasteiger partial charge is 0.493 e. The fourth-order valence-electron chi connectivity index (χ4n) is 2.87. The molecule has 3 rings (SSSR count). The Morgan fingerprint density at radius 2 is 2.03 bits per heavy atom. The molecule has 0 unspecified atom stereocenters. The fraction of sp³-hybridized carbons (Fsp3) is 0.182. The van der Waals surface area contributed by atoms with Gasteiger partial charge in [-0.3, -0.25) is 14.5 Å². The van der Waals surface area contributed by atoms with Crippen molar-refractivity contribution in [1.29, 1.82) is 0 Å². The van der Waals surface area contributed by atoms with Gasteiger partial charge in [0.15, 0.2) is 11.5 Å². The van der Waals surface area contributed by atoms with E-state index in [0.29, 0.717) is 34.0 Å². The van der Waals surface area contributed by atoms with Gasteiger partial charge in [-0.2, -0.15) is 0 Å². The molecule has 0 aromatic heterocycles. The lowest BCUT2D eigenvalue weighted by Gasteiger charge is -2.16. The molecule has 0 saturated carbocycles. The Labute approximate surface area is 172 Å². The van der Waals surface area contributed by atoms with E-state index >= 15 is 0 Å². The lowest BCUT2D eigenvalue weighted by atomic mass is 10.0. The van der Waals surface area contributed by atoms with Gasteiger partial charge in [0.25, 0.3) is 11.1 Å². The molecule has 5 nitrogen and oxygen atoms in total. The maximum Gasteiger partial charge on any atom is 0.293 e. The fourth-order valence-corrected chi connectivity index (χ4v) is 3.70. The quantitative estimate of drug-likeness (QED) is 0.482. The highest BCUT2D eigenvalue weighted by molar-refractivity contribution is 8.18. The molecule has 2 aromatic rings. The smallest absolute Gasteiger partial charge is 0.293 e. The number of thioether (sulfide) groups is 1. The first-order valence-electron chi connectivity index (χ1n) is 8.83. The highest BCUT2D eigenvalue weighted by atomic mass is 32.2. The Kier molecular flexibility index (Phi) is 6.39. The number of hydrogen-bond donors (Lipinski definition) is 0. The highest BCUT2D eigenvalue weighted by Gasteiger charge is 2.31. The third-order valence-corrected chi connectivity index (χ3v) is 5.26. The second-order valence-corrected chi connectivity index (χ2v) is 7.36. The number of rotatable bonds is 7. The Morgan fingerprint density at radius 1 is 1.24 bits per heavy atom. The highest BCUT2D eigenvalue weighted by Crippen LogP contribution is 2.37. The molecule has 1 fully saturated rings. The van der Waals surface area contributed by atoms with Crippen LogP contribution in [0.15, 0.2) is 54.0 Å². The van der Waals surface area contributed by atoms with Gasteiger partial charge in [-0.25, -0.2) is 4.39 Å². The van der Waals surface area contributed by atoms with Gasteiger partial charge in [0, 0.05) is 12.6 Å². The summed E-state index contributed by atoms with van der Waals surface area (Å²) in [6.45, 7) is 3.95. The van der Waals surface area contributed by atoms with E-state index in [1.54, 1.807) is 30.4 Å². The SMILES string of the molecule is C=CCc1cc(/C=C2\SC(=O)N(C)C2=O)cc(OC)c1OCc1cccc(F)c1. The van der Waals surface area contributed by atoms with Gasteiger partial charge in [0.1, 0.15) is 12.4 Å². The Morgan fingerprint density at radius 3 is 2.66 bits per heavy atom. The Bertz CT molecular complexity index is 1000. The van der Waals surface area contributed by atoms with Crippen LogP contribution in [0.3, 0.4) is 0 Å². The van der Waals surface area contributed by atoms with Crippen molar-refractivity contribution in [3.8, 4) is 11.5 Å². The number of amides is 2. The number of benzene rings is 2. The molecule has 0 radical (unpaired) electrons. The maximum atomic E-state index is 13.4. The van der Waals surface area contributed by atoms with Gasteiger partial charge < -0.3 is 9.47 Å². The van der Waals surface area contributed by atoms with Crippen LogP contribution in [0, 0.1) is 5.82 Å². The predicted molar refractivity (Wildman–Crippen MR) is 111 cm³/mol. The summed E-state index contributed by atoms with van der Waals surface area (Å²) < 4.78 is 24.8. The zero-order chi connectivity index (χ0) is 21.0. The van der Waals surface area contributed by atoms with E-state index in [1.165, 1.54) is 26.3 Å². The molecule has 7 heteroatoms. The molecular weight excluding hydrogens is 393 g/mol. The summed E-state index contributed by atoms with van der Waals surface area (Å²) in [4.78, 5) is 25.3. The summed E-state index contributed by atoms with van der Waals surface area (Å²) >= 11 is 0.893. The van der Waals surface area contributed by atoms with E-state index in [2.05, 4.69) is 6.58 Å². The summed E-state index contributed by atoms with van der Waals surface area (Å²) in [5.41, 5.74) is 2.20. The molecule has 1 aliphatic heterocycles. The lowest BCUT2D eigenvalue weighted by Crippen LogP contribution is -2.22. The van der Waals surface area contributed by atoms with E-state index in [0.717, 1.165) is 22.2 Å². The summed E-state index contributed by atoms with van der Waals surface area (Å²) in [6, 6.07) is 9.78. The van der Waals surface area contributed by atoms with Crippen molar-refractivity contribution in [2.45, 2.75) is 13.0 Å². The van der Waals surface area contributed by atoms with Crippen molar-refractivity contribution in [1.82, 2.24) is 4.90 Å². The second kappa shape index (κ2) is 8.96. The molecule has 1 saturated heterocycles. The van der Waals surface area contributed by atoms with Crippen LogP contribution in [-0.2, 0) is 17.8 Å². The summed E-state index contributed by atoms with van der Waals surface area (Å²) in [5.74, 6) is 0.334. The summed E-state index contributed by atoms with van der Waals surface area (Å²) in [5, 5.41) is -0.311. The average molecular weight is 413 g/mol. The number of nitrogens with zero attached hydrogens (tertiary/aromatic N) is 1. The van der Waals surface area contributed by atoms with E-state index in [-0.39, 0.29) is 23.6 Å². The van der Waals surface area contributed by atoms with E-state index in [9.17, 15) is 14.0 Å². The normalized spacial score (nSPS) is 15.1. The first kappa shape index (κ1) is 20.7. The molecule has 1 heterocycles. The topological polar surface area (TPSA) is 55.8 Å². The molecule has 0 spiro atoms. The van der Waals surface area contributed by atoms with Gasteiger partial charge in [0.2, 0.25) is 0 Å². The molecular formula is C22H20FNO4S. The number of carbonyl (C=O) groups is 2. The van der Waals surface area contributed by atoms with Crippen molar-refractivity contribution < 1.29 is 23.5 Å². The van der Waals surface area contributed by atoms with Crippen molar-refractivity contribution in [2.75, 3.05) is 14.2 Å². The van der Waals surface area contributed by atoms with Crippen molar-refractivity contribution in [2.24, 2.45) is 0 Å². The molecule has 0 atom stereocenters. The van der Waals surface area contributed by atoms with Crippen LogP contribution >= 0.6 is 11.8 Å². The predicted octanol–water partition coefficient (Wildman–Crippen LogP) is 4.81. The van der Waals surface area contributed by atoms with Crippen molar-refractivity contribution >= 4 is 29.0 Å². The van der Waals surface area contributed by atoms with Crippen LogP contribution in [0.2, 0.25) is 0 Å². The van der Waals surface area contributed by atoms with Gasteiger partial charge in [-0.05, 0) is 59.7 Å². The minimum atomic E-state index is -0.337. The van der Waals surface area contributed by atoms with Crippen molar-refractivity contribution in [3.63, 3.8) is 0 Å². The van der Waals surface area contributed by atoms with E-state index in [1.807, 2.05) is 6.07 Å². The number of allylic oxidation sites excluding steroid dienone is 1. The van der Waals surface area contributed by atoms with Gasteiger partial charge in [-0.15, -0.1) is 6.58 Å². The summed E-state index contributed by atoms with van der Waals surface area (Å²) in [7, 11) is 2.97. The van der Waals surface area contributed by atoms with Crippen LogP contribution in [0.4, 0.5) is 9.18 Å². The van der Waals surface area contributed by atoms with Crippen molar-refractivity contribution in [3.05, 3.63) is 76.5 Å². The standard InChI is InChI=1S/C22H20FNO4S/c1-4-6-16-9-15(12-19-21(25)24(2)22(26)29-19)11-18(27-3)20(16)28-13-14-7-5-8-17(23)10-14/h4-5,7-12H,1,6,13H2,2-3H3/b19-12-. The number of halogens is 1. The zero-order valence-corrected chi connectivity index (χ0v) is 16.9. The molecule has 0 N–H and O–H groups in total. The average Bonchev–Trinajstić information content (AvgIpc) is 2.93. The molecule has 0 bridgehead atoms.